The molecule has 0 spiro atoms. The van der Waals surface area contributed by atoms with Gasteiger partial charge in [0.15, 0.2) is 0 Å². The van der Waals surface area contributed by atoms with Crippen LogP contribution in [0, 0.1) is 0 Å². The van der Waals surface area contributed by atoms with E-state index in [1.165, 1.54) is 6.08 Å². The van der Waals surface area contributed by atoms with Gasteiger partial charge in [0.1, 0.15) is 11.9 Å². The van der Waals surface area contributed by atoms with Crippen LogP contribution in [0.5, 0.6) is 5.75 Å². The van der Waals surface area contributed by atoms with Crippen molar-refractivity contribution in [3.05, 3.63) is 29.8 Å². The second kappa shape index (κ2) is 5.96. The quantitative estimate of drug-likeness (QED) is 0.545. The third kappa shape index (κ3) is 3.20. The first kappa shape index (κ1) is 11.4. The lowest BCUT2D eigenvalue weighted by molar-refractivity contribution is 0.111. The average Bonchev–Trinajstić information content (AvgIpc) is 2.31. The molecule has 0 aliphatic carbocycles. The topological polar surface area (TPSA) is 47.9 Å². The molecular weight excluding hydrogens is 194 g/mol. The van der Waals surface area contributed by atoms with Crippen molar-refractivity contribution in [2.24, 2.45) is 4.99 Å². The lowest BCUT2D eigenvalue weighted by Gasteiger charge is -2.12. The minimum Gasteiger partial charge on any atom is -0.497 e. The molecule has 0 aliphatic heterocycles. The summed E-state index contributed by atoms with van der Waals surface area (Å²) in [4.78, 5) is 13.5. The Balaban J connectivity index is 2.77. The van der Waals surface area contributed by atoms with Gasteiger partial charge in [0.2, 0.25) is 6.08 Å². The maximum absolute atomic E-state index is 9.99. The Hall–Kier alpha value is -1.64. The summed E-state index contributed by atoms with van der Waals surface area (Å²) < 4.78 is 10.2. The third-order valence-corrected chi connectivity index (χ3v) is 2.09. The van der Waals surface area contributed by atoms with Gasteiger partial charge in [-0.05, 0) is 17.7 Å². The number of benzene rings is 1. The number of nitrogens with zero attached hydrogens (tertiary/aromatic N) is 1. The van der Waals surface area contributed by atoms with E-state index >= 15 is 0 Å². The number of hydrogen-bond acceptors (Lipinski definition) is 4. The highest BCUT2D eigenvalue weighted by Crippen LogP contribution is 2.20. The van der Waals surface area contributed by atoms with Gasteiger partial charge in [0.05, 0.1) is 13.7 Å². The van der Waals surface area contributed by atoms with Crippen LogP contribution in [0.15, 0.2) is 29.3 Å². The molecule has 80 valence electrons. The summed E-state index contributed by atoms with van der Waals surface area (Å²) in [6.07, 6.45) is 1.28. The van der Waals surface area contributed by atoms with E-state index in [2.05, 4.69) is 4.99 Å². The van der Waals surface area contributed by atoms with Gasteiger partial charge >= 0.3 is 0 Å². The molecule has 0 aliphatic rings. The molecule has 0 fully saturated rings. The molecule has 0 saturated heterocycles. The maximum Gasteiger partial charge on any atom is 0.235 e. The Morgan fingerprint density at radius 2 is 2.00 bits per heavy atom. The van der Waals surface area contributed by atoms with Crippen LogP contribution in [0.4, 0.5) is 0 Å². The van der Waals surface area contributed by atoms with Crippen molar-refractivity contribution in [2.75, 3.05) is 20.8 Å². The van der Waals surface area contributed by atoms with E-state index in [1.807, 2.05) is 24.3 Å². The predicted molar refractivity (Wildman–Crippen MR) is 55.7 cm³/mol. The van der Waals surface area contributed by atoms with Gasteiger partial charge in [0, 0.05) is 7.11 Å². The van der Waals surface area contributed by atoms with E-state index in [4.69, 9.17) is 9.47 Å². The Kier molecular flexibility index (Phi) is 4.54. The van der Waals surface area contributed by atoms with Gasteiger partial charge in [-0.25, -0.2) is 9.79 Å². The standard InChI is InChI=1S/C11H13NO3/c1-14-10-5-3-9(4-6-10)11(15-2)7-12-8-13/h3-6,11H,7H2,1-2H3. The van der Waals surface area contributed by atoms with Crippen molar-refractivity contribution in [1.82, 2.24) is 0 Å². The van der Waals surface area contributed by atoms with E-state index < -0.39 is 0 Å². The van der Waals surface area contributed by atoms with Gasteiger partial charge in [-0.15, -0.1) is 0 Å². The molecule has 0 saturated carbocycles. The summed E-state index contributed by atoms with van der Waals surface area (Å²) in [5, 5.41) is 0. The molecule has 0 heterocycles. The predicted octanol–water partition coefficient (Wildman–Crippen LogP) is 1.72. The Morgan fingerprint density at radius 3 is 2.47 bits per heavy atom. The molecule has 1 aromatic rings. The van der Waals surface area contributed by atoms with Crippen LogP contribution >= 0.6 is 0 Å². The number of carbonyl (C=O) groups excluding carboxylic acids is 1. The van der Waals surface area contributed by atoms with Crippen molar-refractivity contribution in [1.29, 1.82) is 0 Å². The molecule has 0 N–H and O–H groups in total. The first-order chi connectivity index (χ1) is 7.31. The summed E-state index contributed by atoms with van der Waals surface area (Å²) in [6, 6.07) is 7.44. The average molecular weight is 207 g/mol. The lowest BCUT2D eigenvalue weighted by Crippen LogP contribution is -2.04. The molecule has 0 amide bonds. The molecule has 15 heavy (non-hydrogen) atoms. The summed E-state index contributed by atoms with van der Waals surface area (Å²) >= 11 is 0. The van der Waals surface area contributed by atoms with Crippen LogP contribution in [-0.2, 0) is 9.53 Å². The Bertz CT molecular complexity index is 341. The molecule has 1 rings (SSSR count). The van der Waals surface area contributed by atoms with Gasteiger partial charge in [0.25, 0.3) is 0 Å². The fourth-order valence-electron chi connectivity index (χ4n) is 1.25. The molecule has 1 aromatic carbocycles. The minimum atomic E-state index is -0.211. The normalized spacial score (nSPS) is 11.6. The minimum absolute atomic E-state index is 0.211. The highest BCUT2D eigenvalue weighted by Gasteiger charge is 2.09. The van der Waals surface area contributed by atoms with Crippen molar-refractivity contribution >= 4 is 6.08 Å². The second-order valence-corrected chi connectivity index (χ2v) is 2.93. The lowest BCUT2D eigenvalue weighted by atomic mass is 10.1. The van der Waals surface area contributed by atoms with E-state index in [0.29, 0.717) is 0 Å². The smallest absolute Gasteiger partial charge is 0.235 e. The van der Waals surface area contributed by atoms with E-state index in [9.17, 15) is 4.79 Å². The number of rotatable bonds is 5. The van der Waals surface area contributed by atoms with Crippen LogP contribution in [0.2, 0.25) is 0 Å². The van der Waals surface area contributed by atoms with Crippen molar-refractivity contribution in [3.63, 3.8) is 0 Å². The summed E-state index contributed by atoms with van der Waals surface area (Å²) in [6.45, 7) is 0.284. The first-order valence-corrected chi connectivity index (χ1v) is 4.52. The zero-order chi connectivity index (χ0) is 11.1. The number of isocyanates is 1. The second-order valence-electron chi connectivity index (χ2n) is 2.93. The Labute approximate surface area is 88.5 Å². The van der Waals surface area contributed by atoms with Gasteiger partial charge in [-0.2, -0.15) is 0 Å². The zero-order valence-corrected chi connectivity index (χ0v) is 8.77. The van der Waals surface area contributed by atoms with E-state index in [-0.39, 0.29) is 12.6 Å². The molecule has 0 aromatic heterocycles. The fourth-order valence-corrected chi connectivity index (χ4v) is 1.25. The van der Waals surface area contributed by atoms with Crippen molar-refractivity contribution in [2.45, 2.75) is 6.10 Å². The van der Waals surface area contributed by atoms with Crippen molar-refractivity contribution in [3.8, 4) is 5.75 Å². The monoisotopic (exact) mass is 207 g/mol. The third-order valence-electron chi connectivity index (χ3n) is 2.09. The van der Waals surface area contributed by atoms with E-state index in [1.54, 1.807) is 14.2 Å². The molecule has 1 unspecified atom stereocenters. The summed E-state index contributed by atoms with van der Waals surface area (Å²) in [5.74, 6) is 0.785. The fraction of sp³-hybridized carbons (Fsp3) is 0.364. The Morgan fingerprint density at radius 1 is 1.33 bits per heavy atom. The molecular formula is C11H13NO3. The van der Waals surface area contributed by atoms with E-state index in [0.717, 1.165) is 11.3 Å². The van der Waals surface area contributed by atoms with Crippen LogP contribution < -0.4 is 4.74 Å². The number of ether oxygens (including phenoxy) is 2. The van der Waals surface area contributed by atoms with Gasteiger partial charge < -0.3 is 9.47 Å². The maximum atomic E-state index is 9.99. The molecule has 0 bridgehead atoms. The number of aliphatic imine (C=N–C) groups is 1. The molecule has 1 atom stereocenters. The summed E-state index contributed by atoms with van der Waals surface area (Å²) in [7, 11) is 3.19. The van der Waals surface area contributed by atoms with Gasteiger partial charge in [-0.3, -0.25) is 0 Å². The number of hydrogen-bond donors (Lipinski definition) is 0. The largest absolute Gasteiger partial charge is 0.497 e. The van der Waals surface area contributed by atoms with Gasteiger partial charge in [-0.1, -0.05) is 12.1 Å². The number of methoxy groups -OCH3 is 2. The highest BCUT2D eigenvalue weighted by molar-refractivity contribution is 5.34. The molecule has 4 heteroatoms. The SMILES string of the molecule is COc1ccc(C(CN=C=O)OC)cc1. The highest BCUT2D eigenvalue weighted by atomic mass is 16.5. The van der Waals surface area contributed by atoms with Crippen LogP contribution in [0.3, 0.4) is 0 Å². The van der Waals surface area contributed by atoms with Crippen LogP contribution in [-0.4, -0.2) is 26.8 Å². The molecule has 0 radical (unpaired) electrons. The molecule has 4 nitrogen and oxygen atoms in total. The van der Waals surface area contributed by atoms with Crippen LogP contribution in [0.1, 0.15) is 11.7 Å². The first-order valence-electron chi connectivity index (χ1n) is 4.52. The van der Waals surface area contributed by atoms with Crippen LogP contribution in [0.25, 0.3) is 0 Å². The zero-order valence-electron chi connectivity index (χ0n) is 8.77. The summed E-state index contributed by atoms with van der Waals surface area (Å²) in [5.41, 5.74) is 0.956. The van der Waals surface area contributed by atoms with Crippen molar-refractivity contribution < 1.29 is 14.3 Å².